The number of anilines is 1. The number of nitrogens with one attached hydrogen (secondary N) is 1. The van der Waals surface area contributed by atoms with Gasteiger partial charge in [-0.2, -0.15) is 0 Å². The number of carbonyl (C=O) groups is 1. The Bertz CT molecular complexity index is 1160. The molecule has 0 spiro atoms. The predicted molar refractivity (Wildman–Crippen MR) is 111 cm³/mol. The van der Waals surface area contributed by atoms with Gasteiger partial charge >= 0.3 is 0 Å². The average molecular weight is 417 g/mol. The van der Waals surface area contributed by atoms with Gasteiger partial charge in [-0.3, -0.25) is 9.20 Å². The van der Waals surface area contributed by atoms with Crippen molar-refractivity contribution in [1.82, 2.24) is 14.6 Å². The van der Waals surface area contributed by atoms with E-state index < -0.39 is 5.25 Å². The number of hydrogen-bond donors (Lipinski definition) is 1. The number of thioether (sulfide) groups is 1. The minimum absolute atomic E-state index is 0.124. The Morgan fingerprint density at radius 2 is 1.93 bits per heavy atom. The molecule has 2 heterocycles. The maximum atomic E-state index is 12.7. The van der Waals surface area contributed by atoms with Crippen LogP contribution in [-0.2, 0) is 4.79 Å². The first-order chi connectivity index (χ1) is 13.0. The van der Waals surface area contributed by atoms with Crippen molar-refractivity contribution < 1.29 is 4.79 Å². The van der Waals surface area contributed by atoms with Crippen LogP contribution >= 0.6 is 35.0 Å². The molecule has 0 bridgehead atoms. The van der Waals surface area contributed by atoms with Crippen molar-refractivity contribution in [3.05, 3.63) is 64.8 Å². The van der Waals surface area contributed by atoms with Crippen LogP contribution < -0.4 is 5.32 Å². The van der Waals surface area contributed by atoms with Crippen molar-refractivity contribution in [1.29, 1.82) is 0 Å². The lowest BCUT2D eigenvalue weighted by Crippen LogP contribution is -2.22. The van der Waals surface area contributed by atoms with Crippen LogP contribution in [-0.4, -0.2) is 25.8 Å². The fraction of sp³-hybridized carbons (Fsp3) is 0.105. The number of aromatic nitrogens is 3. The number of amides is 1. The molecule has 0 aliphatic heterocycles. The minimum Gasteiger partial charge on any atom is -0.325 e. The van der Waals surface area contributed by atoms with E-state index in [2.05, 4.69) is 15.5 Å². The molecule has 0 saturated carbocycles. The Hall–Kier alpha value is -2.28. The van der Waals surface area contributed by atoms with E-state index in [-0.39, 0.29) is 5.91 Å². The van der Waals surface area contributed by atoms with E-state index in [1.54, 1.807) is 16.7 Å². The minimum atomic E-state index is -0.394. The van der Waals surface area contributed by atoms with E-state index in [1.165, 1.54) is 11.8 Å². The summed E-state index contributed by atoms with van der Waals surface area (Å²) in [6.07, 6.45) is 1.68. The standard InChI is InChI=1S/C19H14Cl2N4OS/c1-11(27-19-24-23-17-15(21)9-13(20)10-25(17)19)18(26)22-16-8-4-6-12-5-2-3-7-14(12)16/h2-11H,1H3,(H,22,26). The summed E-state index contributed by atoms with van der Waals surface area (Å²) in [6, 6.07) is 15.4. The number of benzene rings is 2. The van der Waals surface area contributed by atoms with Gasteiger partial charge in [-0.1, -0.05) is 71.4 Å². The van der Waals surface area contributed by atoms with Gasteiger partial charge < -0.3 is 5.32 Å². The molecule has 2 aromatic carbocycles. The zero-order chi connectivity index (χ0) is 19.0. The Balaban J connectivity index is 1.56. The summed E-state index contributed by atoms with van der Waals surface area (Å²) in [5, 5.41) is 14.3. The molecule has 1 atom stereocenters. The quantitative estimate of drug-likeness (QED) is 0.458. The molecule has 1 N–H and O–H groups in total. The second kappa shape index (κ2) is 7.38. The summed E-state index contributed by atoms with van der Waals surface area (Å²) in [4.78, 5) is 12.7. The normalized spacial score (nSPS) is 12.4. The van der Waals surface area contributed by atoms with Crippen LogP contribution in [0.3, 0.4) is 0 Å². The molecule has 1 unspecified atom stereocenters. The van der Waals surface area contributed by atoms with Gasteiger partial charge in [-0.25, -0.2) is 0 Å². The van der Waals surface area contributed by atoms with Crippen LogP contribution in [0.25, 0.3) is 16.4 Å². The van der Waals surface area contributed by atoms with Crippen molar-refractivity contribution in [3.8, 4) is 0 Å². The molecule has 2 aromatic heterocycles. The zero-order valence-corrected chi connectivity index (χ0v) is 16.5. The van der Waals surface area contributed by atoms with Crippen LogP contribution in [0.4, 0.5) is 5.69 Å². The fourth-order valence-corrected chi connectivity index (χ4v) is 4.10. The molecular weight excluding hydrogens is 403 g/mol. The number of pyridine rings is 1. The molecule has 27 heavy (non-hydrogen) atoms. The highest BCUT2D eigenvalue weighted by atomic mass is 35.5. The first-order valence-electron chi connectivity index (χ1n) is 8.18. The number of hydrogen-bond acceptors (Lipinski definition) is 4. The summed E-state index contributed by atoms with van der Waals surface area (Å²) in [7, 11) is 0. The predicted octanol–water partition coefficient (Wildman–Crippen LogP) is 5.31. The lowest BCUT2D eigenvalue weighted by atomic mass is 10.1. The first-order valence-corrected chi connectivity index (χ1v) is 9.81. The molecular formula is C19H14Cl2N4OS. The monoisotopic (exact) mass is 416 g/mol. The molecule has 5 nitrogen and oxygen atoms in total. The van der Waals surface area contributed by atoms with Gasteiger partial charge in [0.2, 0.25) is 5.91 Å². The number of nitrogens with zero attached hydrogens (tertiary/aromatic N) is 3. The molecule has 4 rings (SSSR count). The van der Waals surface area contributed by atoms with Gasteiger partial charge in [-0.15, -0.1) is 10.2 Å². The fourth-order valence-electron chi connectivity index (χ4n) is 2.76. The van der Waals surface area contributed by atoms with Crippen molar-refractivity contribution in [2.45, 2.75) is 17.3 Å². The van der Waals surface area contributed by atoms with Gasteiger partial charge in [0, 0.05) is 17.3 Å². The van der Waals surface area contributed by atoms with E-state index in [4.69, 9.17) is 23.2 Å². The highest BCUT2D eigenvalue weighted by molar-refractivity contribution is 8.00. The third-order valence-corrected chi connectivity index (χ3v) is 5.64. The van der Waals surface area contributed by atoms with Crippen molar-refractivity contribution in [2.24, 2.45) is 0 Å². The van der Waals surface area contributed by atoms with E-state index >= 15 is 0 Å². The number of rotatable bonds is 4. The Kier molecular flexibility index (Phi) is 4.95. The molecule has 0 saturated heterocycles. The molecule has 0 fully saturated rings. The molecule has 136 valence electrons. The van der Waals surface area contributed by atoms with Gasteiger partial charge in [0.1, 0.15) is 0 Å². The maximum absolute atomic E-state index is 12.7. The van der Waals surface area contributed by atoms with Crippen molar-refractivity contribution >= 4 is 63.0 Å². The van der Waals surface area contributed by atoms with Crippen molar-refractivity contribution in [3.63, 3.8) is 0 Å². The lowest BCUT2D eigenvalue weighted by molar-refractivity contribution is -0.115. The molecule has 8 heteroatoms. The first kappa shape index (κ1) is 18.1. The number of halogens is 2. The molecule has 0 aliphatic carbocycles. The third-order valence-electron chi connectivity index (χ3n) is 4.09. The van der Waals surface area contributed by atoms with Gasteiger partial charge in [0.25, 0.3) is 0 Å². The van der Waals surface area contributed by atoms with Gasteiger partial charge in [-0.05, 0) is 24.4 Å². The highest BCUT2D eigenvalue weighted by Crippen LogP contribution is 2.29. The largest absolute Gasteiger partial charge is 0.325 e. The highest BCUT2D eigenvalue weighted by Gasteiger charge is 2.19. The SMILES string of the molecule is CC(Sc1nnc2c(Cl)cc(Cl)cn12)C(=O)Nc1cccc2ccccc12. The summed E-state index contributed by atoms with van der Waals surface area (Å²) in [6.45, 7) is 1.82. The van der Waals surface area contributed by atoms with E-state index in [1.807, 2.05) is 49.4 Å². The van der Waals surface area contributed by atoms with E-state index in [0.717, 1.165) is 16.5 Å². The smallest absolute Gasteiger partial charge is 0.237 e. The molecule has 0 aliphatic rings. The lowest BCUT2D eigenvalue weighted by Gasteiger charge is -2.13. The van der Waals surface area contributed by atoms with Crippen LogP contribution in [0, 0.1) is 0 Å². The second-order valence-corrected chi connectivity index (χ2v) is 8.11. The Morgan fingerprint density at radius 3 is 2.78 bits per heavy atom. The number of carbonyl (C=O) groups excluding carboxylic acids is 1. The molecule has 0 radical (unpaired) electrons. The second-order valence-electron chi connectivity index (χ2n) is 5.96. The van der Waals surface area contributed by atoms with E-state index in [9.17, 15) is 4.79 Å². The van der Waals surface area contributed by atoms with Gasteiger partial charge in [0.05, 0.1) is 15.3 Å². The summed E-state index contributed by atoms with van der Waals surface area (Å²) < 4.78 is 1.69. The van der Waals surface area contributed by atoms with Crippen LogP contribution in [0.1, 0.15) is 6.92 Å². The van der Waals surface area contributed by atoms with Crippen molar-refractivity contribution in [2.75, 3.05) is 5.32 Å². The summed E-state index contributed by atoms with van der Waals surface area (Å²) >= 11 is 13.5. The maximum Gasteiger partial charge on any atom is 0.237 e. The topological polar surface area (TPSA) is 59.3 Å². The van der Waals surface area contributed by atoms with Crippen LogP contribution in [0.5, 0.6) is 0 Å². The molecule has 1 amide bonds. The van der Waals surface area contributed by atoms with Crippen LogP contribution in [0.15, 0.2) is 59.9 Å². The Morgan fingerprint density at radius 1 is 1.15 bits per heavy atom. The third kappa shape index (κ3) is 3.60. The average Bonchev–Trinajstić information content (AvgIpc) is 3.05. The summed E-state index contributed by atoms with van der Waals surface area (Å²) in [5.41, 5.74) is 1.29. The van der Waals surface area contributed by atoms with E-state index in [0.29, 0.717) is 20.8 Å². The van der Waals surface area contributed by atoms with Crippen LogP contribution in [0.2, 0.25) is 10.0 Å². The Labute approximate surface area is 169 Å². The summed E-state index contributed by atoms with van der Waals surface area (Å²) in [5.74, 6) is -0.124. The molecule has 4 aromatic rings. The number of fused-ring (bicyclic) bond motifs is 2. The zero-order valence-electron chi connectivity index (χ0n) is 14.2. The van der Waals surface area contributed by atoms with Gasteiger partial charge in [0.15, 0.2) is 10.8 Å².